The molecule has 26 heavy (non-hydrogen) atoms. The van der Waals surface area contributed by atoms with E-state index in [0.29, 0.717) is 23.0 Å². The average Bonchev–Trinajstić information content (AvgIpc) is 2.57. The van der Waals surface area contributed by atoms with Gasteiger partial charge in [-0.25, -0.2) is 4.39 Å². The van der Waals surface area contributed by atoms with Gasteiger partial charge in [0.15, 0.2) is 0 Å². The highest BCUT2D eigenvalue weighted by Gasteiger charge is 2.18. The van der Waals surface area contributed by atoms with Crippen LogP contribution in [0.3, 0.4) is 0 Å². The first-order valence-electron chi connectivity index (χ1n) is 8.26. The second-order valence-electron chi connectivity index (χ2n) is 6.57. The number of hydrogen-bond acceptors (Lipinski definition) is 3. The topological polar surface area (TPSA) is 68.2 Å². The van der Waals surface area contributed by atoms with E-state index in [0.717, 1.165) is 11.1 Å². The minimum Gasteiger partial charge on any atom is -0.508 e. The van der Waals surface area contributed by atoms with Crippen LogP contribution in [0.5, 0.6) is 5.75 Å². The van der Waals surface area contributed by atoms with Crippen molar-refractivity contribution in [2.75, 3.05) is 0 Å². The summed E-state index contributed by atoms with van der Waals surface area (Å²) in [5, 5.41) is 11.0. The highest BCUT2D eigenvalue weighted by atomic mass is 35.5. The Hall–Kier alpha value is -2.37. The van der Waals surface area contributed by atoms with E-state index in [1.165, 1.54) is 18.2 Å². The first kappa shape index (κ1) is 19.9. The summed E-state index contributed by atoms with van der Waals surface area (Å²) in [6.07, 6.45) is 0. The van der Waals surface area contributed by atoms with Gasteiger partial charge in [-0.3, -0.25) is 4.79 Å². The fourth-order valence-corrected chi connectivity index (χ4v) is 3.19. The predicted molar refractivity (Wildman–Crippen MR) is 105 cm³/mol. The molecule has 3 N–H and O–H groups in total. The van der Waals surface area contributed by atoms with Gasteiger partial charge >= 0.3 is 0 Å². The van der Waals surface area contributed by atoms with E-state index in [4.69, 9.17) is 5.73 Å². The molecular weight excluding hydrogens is 355 g/mol. The van der Waals surface area contributed by atoms with Crippen LogP contribution < -0.4 is 11.3 Å². The summed E-state index contributed by atoms with van der Waals surface area (Å²) in [5.41, 5.74) is 8.07. The Morgan fingerprint density at radius 1 is 1.12 bits per heavy atom. The maximum atomic E-state index is 13.4. The van der Waals surface area contributed by atoms with Gasteiger partial charge in [0.2, 0.25) is 0 Å². The minimum atomic E-state index is -0.333. The summed E-state index contributed by atoms with van der Waals surface area (Å²) < 4.78 is 15.1. The molecule has 0 saturated heterocycles. The number of fused-ring (bicyclic) bond motifs is 1. The highest BCUT2D eigenvalue weighted by molar-refractivity contribution is 5.98. The van der Waals surface area contributed by atoms with E-state index < -0.39 is 0 Å². The molecule has 138 valence electrons. The molecule has 0 amide bonds. The SMILES string of the molecule is CC(C)Cn1c(CN)c(-c2ccc(F)cc2)c2cc(O)ccc2c1=O.Cl. The molecule has 3 rings (SSSR count). The molecule has 0 fully saturated rings. The Morgan fingerprint density at radius 2 is 1.77 bits per heavy atom. The third-order valence-electron chi connectivity index (χ3n) is 4.24. The molecule has 4 nitrogen and oxygen atoms in total. The van der Waals surface area contributed by atoms with Gasteiger partial charge in [0.05, 0.1) is 0 Å². The molecule has 3 aromatic rings. The summed E-state index contributed by atoms with van der Waals surface area (Å²) in [6, 6.07) is 10.8. The highest BCUT2D eigenvalue weighted by Crippen LogP contribution is 2.33. The number of nitrogens with two attached hydrogens (primary N) is 1. The van der Waals surface area contributed by atoms with Crippen molar-refractivity contribution < 1.29 is 9.50 Å². The van der Waals surface area contributed by atoms with Gasteiger partial charge in [0, 0.05) is 35.1 Å². The lowest BCUT2D eigenvalue weighted by molar-refractivity contribution is 0.476. The molecule has 0 atom stereocenters. The van der Waals surface area contributed by atoms with E-state index in [2.05, 4.69) is 0 Å². The smallest absolute Gasteiger partial charge is 0.258 e. The number of halogens is 2. The molecule has 2 aromatic carbocycles. The average molecular weight is 377 g/mol. The van der Waals surface area contributed by atoms with Gasteiger partial charge in [-0.2, -0.15) is 0 Å². The van der Waals surface area contributed by atoms with E-state index in [1.54, 1.807) is 28.8 Å². The normalized spacial score (nSPS) is 11.0. The Morgan fingerprint density at radius 3 is 2.35 bits per heavy atom. The standard InChI is InChI=1S/C20H21FN2O2.ClH/c1-12(2)11-23-18(10-22)19(13-3-5-14(21)6-4-13)17-9-15(24)7-8-16(17)20(23)25;/h3-9,12,24H,10-11,22H2,1-2H3;1H. The number of rotatable bonds is 4. The second-order valence-corrected chi connectivity index (χ2v) is 6.57. The number of aromatic nitrogens is 1. The van der Waals surface area contributed by atoms with Gasteiger partial charge < -0.3 is 15.4 Å². The van der Waals surface area contributed by atoms with Crippen LogP contribution in [-0.2, 0) is 13.1 Å². The lowest BCUT2D eigenvalue weighted by Crippen LogP contribution is -2.28. The van der Waals surface area contributed by atoms with Crippen LogP contribution in [0.25, 0.3) is 21.9 Å². The van der Waals surface area contributed by atoms with Crippen molar-refractivity contribution in [3.63, 3.8) is 0 Å². The summed E-state index contributed by atoms with van der Waals surface area (Å²) in [5.74, 6) is -0.000760. The molecule has 0 unspecified atom stereocenters. The number of phenolic OH excluding ortho intramolecular Hbond substituents is 1. The fraction of sp³-hybridized carbons (Fsp3) is 0.250. The van der Waals surface area contributed by atoms with Crippen molar-refractivity contribution in [2.45, 2.75) is 26.9 Å². The lowest BCUT2D eigenvalue weighted by Gasteiger charge is -2.20. The third-order valence-corrected chi connectivity index (χ3v) is 4.24. The summed E-state index contributed by atoms with van der Waals surface area (Å²) in [6.45, 7) is 4.77. The zero-order valence-electron chi connectivity index (χ0n) is 14.7. The van der Waals surface area contributed by atoms with Crippen molar-refractivity contribution in [3.8, 4) is 16.9 Å². The molecule has 6 heteroatoms. The van der Waals surface area contributed by atoms with Crippen molar-refractivity contribution in [2.24, 2.45) is 11.7 Å². The van der Waals surface area contributed by atoms with Crippen LogP contribution in [0.1, 0.15) is 19.5 Å². The Bertz CT molecular complexity index is 982. The monoisotopic (exact) mass is 376 g/mol. The Balaban J connectivity index is 0.00000243. The van der Waals surface area contributed by atoms with Crippen LogP contribution in [-0.4, -0.2) is 9.67 Å². The summed E-state index contributed by atoms with van der Waals surface area (Å²) in [7, 11) is 0. The Kier molecular flexibility index (Phi) is 6.05. The van der Waals surface area contributed by atoms with Gasteiger partial charge in [-0.05, 0) is 41.8 Å². The van der Waals surface area contributed by atoms with Gasteiger partial charge in [0.25, 0.3) is 5.56 Å². The molecule has 0 aliphatic heterocycles. The van der Waals surface area contributed by atoms with E-state index in [-0.39, 0.29) is 42.0 Å². The van der Waals surface area contributed by atoms with Crippen molar-refractivity contribution in [1.82, 2.24) is 4.57 Å². The van der Waals surface area contributed by atoms with Crippen LogP contribution >= 0.6 is 12.4 Å². The molecular formula is C20H22ClFN2O2. The second kappa shape index (κ2) is 7.89. The van der Waals surface area contributed by atoms with Crippen LogP contribution in [0.2, 0.25) is 0 Å². The quantitative estimate of drug-likeness (QED) is 0.721. The molecule has 0 saturated carbocycles. The molecule has 0 bridgehead atoms. The number of pyridine rings is 1. The van der Waals surface area contributed by atoms with E-state index in [9.17, 15) is 14.3 Å². The van der Waals surface area contributed by atoms with E-state index >= 15 is 0 Å². The zero-order chi connectivity index (χ0) is 18.1. The number of nitrogens with zero attached hydrogens (tertiary/aromatic N) is 1. The van der Waals surface area contributed by atoms with Crippen molar-refractivity contribution in [3.05, 3.63) is 64.3 Å². The summed E-state index contributed by atoms with van der Waals surface area (Å²) in [4.78, 5) is 13.0. The van der Waals surface area contributed by atoms with Crippen molar-refractivity contribution in [1.29, 1.82) is 0 Å². The largest absolute Gasteiger partial charge is 0.508 e. The molecule has 0 aliphatic carbocycles. The number of phenols is 1. The van der Waals surface area contributed by atoms with Gasteiger partial charge in [-0.15, -0.1) is 12.4 Å². The zero-order valence-corrected chi connectivity index (χ0v) is 15.5. The molecule has 1 heterocycles. The predicted octanol–water partition coefficient (Wildman–Crippen LogP) is 4.05. The first-order chi connectivity index (χ1) is 11.9. The van der Waals surface area contributed by atoms with Crippen LogP contribution in [0, 0.1) is 11.7 Å². The number of benzene rings is 2. The van der Waals surface area contributed by atoms with Gasteiger partial charge in [-0.1, -0.05) is 26.0 Å². The van der Waals surface area contributed by atoms with E-state index in [1.807, 2.05) is 13.8 Å². The fourth-order valence-electron chi connectivity index (χ4n) is 3.19. The van der Waals surface area contributed by atoms with Crippen LogP contribution in [0.15, 0.2) is 47.3 Å². The number of hydrogen-bond donors (Lipinski definition) is 2. The first-order valence-corrected chi connectivity index (χ1v) is 8.26. The molecule has 0 radical (unpaired) electrons. The Labute approximate surface area is 157 Å². The summed E-state index contributed by atoms with van der Waals surface area (Å²) >= 11 is 0. The number of aromatic hydroxyl groups is 1. The minimum absolute atomic E-state index is 0. The van der Waals surface area contributed by atoms with Gasteiger partial charge in [0.1, 0.15) is 11.6 Å². The van der Waals surface area contributed by atoms with Crippen LogP contribution in [0.4, 0.5) is 4.39 Å². The van der Waals surface area contributed by atoms with Crippen molar-refractivity contribution >= 4 is 23.2 Å². The third kappa shape index (κ3) is 3.59. The maximum absolute atomic E-state index is 13.4. The lowest BCUT2D eigenvalue weighted by atomic mass is 9.96. The molecule has 1 aromatic heterocycles. The molecule has 0 spiro atoms. The molecule has 0 aliphatic rings. The maximum Gasteiger partial charge on any atom is 0.258 e.